The van der Waals surface area contributed by atoms with E-state index in [2.05, 4.69) is 25.6 Å². The van der Waals surface area contributed by atoms with Crippen LogP contribution >= 0.6 is 0 Å². The molecule has 30 heavy (non-hydrogen) atoms. The van der Waals surface area contributed by atoms with Crippen LogP contribution in [0.2, 0.25) is 0 Å². The highest BCUT2D eigenvalue weighted by Gasteiger charge is 2.13. The van der Waals surface area contributed by atoms with Crippen LogP contribution in [0.15, 0.2) is 85.2 Å². The third kappa shape index (κ3) is 4.86. The molecule has 0 atom stereocenters. The lowest BCUT2D eigenvalue weighted by Crippen LogP contribution is -2.24. The summed E-state index contributed by atoms with van der Waals surface area (Å²) in [4.78, 5) is 26.0. The highest BCUT2D eigenvalue weighted by atomic mass is 16.1. The zero-order valence-electron chi connectivity index (χ0n) is 16.5. The van der Waals surface area contributed by atoms with Gasteiger partial charge >= 0.3 is 0 Å². The molecule has 148 valence electrons. The molecule has 6 nitrogen and oxygen atoms in total. The van der Waals surface area contributed by atoms with Crippen molar-refractivity contribution in [2.24, 2.45) is 0 Å². The van der Waals surface area contributed by atoms with Gasteiger partial charge in [0.2, 0.25) is 0 Å². The fourth-order valence-corrected chi connectivity index (χ4v) is 2.99. The van der Waals surface area contributed by atoms with Crippen molar-refractivity contribution in [2.45, 2.75) is 13.5 Å². The van der Waals surface area contributed by atoms with Gasteiger partial charge < -0.3 is 10.6 Å². The lowest BCUT2D eigenvalue weighted by Gasteiger charge is -2.11. The zero-order valence-corrected chi connectivity index (χ0v) is 16.5. The van der Waals surface area contributed by atoms with Crippen LogP contribution in [-0.2, 0) is 6.54 Å². The minimum Gasteiger partial charge on any atom is -0.347 e. The maximum Gasteiger partial charge on any atom is 0.270 e. The van der Waals surface area contributed by atoms with Gasteiger partial charge in [-0.3, -0.25) is 9.78 Å². The molecule has 0 bridgehead atoms. The first-order valence-electron chi connectivity index (χ1n) is 9.63. The van der Waals surface area contributed by atoms with Gasteiger partial charge in [0.25, 0.3) is 5.91 Å². The van der Waals surface area contributed by atoms with E-state index in [-0.39, 0.29) is 5.91 Å². The van der Waals surface area contributed by atoms with E-state index in [0.29, 0.717) is 23.9 Å². The summed E-state index contributed by atoms with van der Waals surface area (Å²) in [7, 11) is 0. The molecule has 0 radical (unpaired) electrons. The molecule has 6 heteroatoms. The van der Waals surface area contributed by atoms with Crippen LogP contribution in [-0.4, -0.2) is 20.9 Å². The van der Waals surface area contributed by atoms with Gasteiger partial charge in [0.05, 0.1) is 0 Å². The monoisotopic (exact) mass is 395 g/mol. The van der Waals surface area contributed by atoms with E-state index < -0.39 is 0 Å². The van der Waals surface area contributed by atoms with E-state index in [1.807, 2.05) is 73.7 Å². The number of anilines is 2. The molecular formula is C24H21N5O. The predicted octanol–water partition coefficient (Wildman–Crippen LogP) is 4.52. The average Bonchev–Trinajstić information content (AvgIpc) is 2.78. The fraction of sp³-hybridized carbons (Fsp3) is 0.0833. The minimum atomic E-state index is -0.272. The van der Waals surface area contributed by atoms with E-state index in [9.17, 15) is 4.79 Å². The third-order valence-corrected chi connectivity index (χ3v) is 4.46. The Balaban J connectivity index is 1.63. The summed E-state index contributed by atoms with van der Waals surface area (Å²) < 4.78 is 0. The van der Waals surface area contributed by atoms with Crippen molar-refractivity contribution in [3.05, 3.63) is 102 Å². The molecule has 0 spiro atoms. The van der Waals surface area contributed by atoms with Gasteiger partial charge in [0, 0.05) is 36.3 Å². The number of aromatic nitrogens is 3. The smallest absolute Gasteiger partial charge is 0.270 e. The Bertz CT molecular complexity index is 1150. The fourth-order valence-electron chi connectivity index (χ4n) is 2.99. The van der Waals surface area contributed by atoms with Gasteiger partial charge in [-0.05, 0) is 36.2 Å². The summed E-state index contributed by atoms with van der Waals surface area (Å²) in [6, 6.07) is 23.0. The molecular weight excluding hydrogens is 374 g/mol. The molecule has 0 aliphatic heterocycles. The lowest BCUT2D eigenvalue weighted by molar-refractivity contribution is 0.0946. The SMILES string of the molecule is Cc1cccc(Nc2cc(C(=O)NCc3cccnc3)nc(-c3ccccc3)n2)c1. The first kappa shape index (κ1) is 19.3. The summed E-state index contributed by atoms with van der Waals surface area (Å²) in [5.41, 5.74) is 4.08. The van der Waals surface area contributed by atoms with E-state index in [1.54, 1.807) is 18.5 Å². The highest BCUT2D eigenvalue weighted by Crippen LogP contribution is 2.21. The zero-order chi connectivity index (χ0) is 20.8. The van der Waals surface area contributed by atoms with Crippen LogP contribution < -0.4 is 10.6 Å². The van der Waals surface area contributed by atoms with Crippen molar-refractivity contribution in [1.29, 1.82) is 0 Å². The van der Waals surface area contributed by atoms with E-state index in [0.717, 1.165) is 22.4 Å². The van der Waals surface area contributed by atoms with Crippen molar-refractivity contribution in [2.75, 3.05) is 5.32 Å². The number of carbonyl (C=O) groups is 1. The second-order valence-corrected chi connectivity index (χ2v) is 6.87. The van der Waals surface area contributed by atoms with Crippen molar-refractivity contribution in [3.63, 3.8) is 0 Å². The number of pyridine rings is 1. The Hall–Kier alpha value is -4.06. The molecule has 0 saturated carbocycles. The largest absolute Gasteiger partial charge is 0.347 e. The molecule has 2 heterocycles. The topological polar surface area (TPSA) is 79.8 Å². The van der Waals surface area contributed by atoms with Crippen LogP contribution in [0, 0.1) is 6.92 Å². The molecule has 2 aromatic heterocycles. The minimum absolute atomic E-state index is 0.272. The molecule has 2 aromatic carbocycles. The van der Waals surface area contributed by atoms with Gasteiger partial charge in [-0.15, -0.1) is 0 Å². The normalized spacial score (nSPS) is 10.4. The number of rotatable bonds is 6. The number of aryl methyl sites for hydroxylation is 1. The van der Waals surface area contributed by atoms with E-state index in [1.165, 1.54) is 0 Å². The molecule has 2 N–H and O–H groups in total. The number of hydrogen-bond donors (Lipinski definition) is 2. The second-order valence-electron chi connectivity index (χ2n) is 6.87. The molecule has 0 aliphatic carbocycles. The number of nitrogens with one attached hydrogen (secondary N) is 2. The van der Waals surface area contributed by atoms with Gasteiger partial charge in [-0.25, -0.2) is 9.97 Å². The van der Waals surface area contributed by atoms with Crippen LogP contribution in [0.4, 0.5) is 11.5 Å². The number of nitrogens with zero attached hydrogens (tertiary/aromatic N) is 3. The Labute approximate surface area is 175 Å². The van der Waals surface area contributed by atoms with Crippen LogP contribution in [0.5, 0.6) is 0 Å². The van der Waals surface area contributed by atoms with E-state index >= 15 is 0 Å². The van der Waals surface area contributed by atoms with Gasteiger partial charge in [0.15, 0.2) is 5.82 Å². The Morgan fingerprint density at radius 2 is 1.80 bits per heavy atom. The average molecular weight is 395 g/mol. The summed E-state index contributed by atoms with van der Waals surface area (Å²) in [6.07, 6.45) is 3.42. The summed E-state index contributed by atoms with van der Waals surface area (Å²) in [5.74, 6) is 0.770. The molecule has 4 rings (SSSR count). The van der Waals surface area contributed by atoms with Crippen molar-refractivity contribution in [1.82, 2.24) is 20.3 Å². The van der Waals surface area contributed by atoms with Crippen LogP contribution in [0.3, 0.4) is 0 Å². The first-order chi connectivity index (χ1) is 14.7. The Kier molecular flexibility index (Phi) is 5.75. The quantitative estimate of drug-likeness (QED) is 0.502. The summed E-state index contributed by atoms with van der Waals surface area (Å²) in [5, 5.41) is 6.18. The maximum absolute atomic E-state index is 12.8. The summed E-state index contributed by atoms with van der Waals surface area (Å²) in [6.45, 7) is 2.40. The molecule has 0 saturated heterocycles. The van der Waals surface area contributed by atoms with Gasteiger partial charge in [-0.1, -0.05) is 48.5 Å². The summed E-state index contributed by atoms with van der Waals surface area (Å²) >= 11 is 0. The first-order valence-corrected chi connectivity index (χ1v) is 9.63. The highest BCUT2D eigenvalue weighted by molar-refractivity contribution is 5.93. The number of hydrogen-bond acceptors (Lipinski definition) is 5. The Morgan fingerprint density at radius 3 is 2.57 bits per heavy atom. The number of amides is 1. The molecule has 0 fully saturated rings. The Morgan fingerprint density at radius 1 is 0.933 bits per heavy atom. The molecule has 0 unspecified atom stereocenters. The van der Waals surface area contributed by atoms with E-state index in [4.69, 9.17) is 0 Å². The van der Waals surface area contributed by atoms with Crippen LogP contribution in [0.25, 0.3) is 11.4 Å². The third-order valence-electron chi connectivity index (χ3n) is 4.46. The van der Waals surface area contributed by atoms with Crippen molar-refractivity contribution < 1.29 is 4.79 Å². The van der Waals surface area contributed by atoms with Gasteiger partial charge in [0.1, 0.15) is 11.5 Å². The molecule has 0 aliphatic rings. The van der Waals surface area contributed by atoms with Crippen LogP contribution in [0.1, 0.15) is 21.6 Å². The van der Waals surface area contributed by atoms with Crippen molar-refractivity contribution >= 4 is 17.4 Å². The molecule has 4 aromatic rings. The second kappa shape index (κ2) is 8.96. The maximum atomic E-state index is 12.8. The standard InChI is InChI=1S/C24H21N5O/c1-17-7-5-11-20(13-17)27-22-14-21(24(30)26-16-18-8-6-12-25-15-18)28-23(29-22)19-9-3-2-4-10-19/h2-15H,16H2,1H3,(H,26,30)(H,27,28,29). The number of benzene rings is 2. The number of carbonyl (C=O) groups excluding carboxylic acids is 1. The predicted molar refractivity (Wildman–Crippen MR) is 117 cm³/mol. The molecule has 1 amide bonds. The van der Waals surface area contributed by atoms with Crippen molar-refractivity contribution in [3.8, 4) is 11.4 Å². The lowest BCUT2D eigenvalue weighted by atomic mass is 10.2. The van der Waals surface area contributed by atoms with Gasteiger partial charge in [-0.2, -0.15) is 0 Å².